The number of anilines is 1. The topological polar surface area (TPSA) is 105 Å². The number of carbonyl (C=O) groups is 2. The van der Waals surface area contributed by atoms with Crippen molar-refractivity contribution in [3.05, 3.63) is 69.8 Å². The molecule has 8 heteroatoms. The molecular formula is C22H28N4O4. The molecule has 0 bridgehead atoms. The number of nitro groups is 1. The molecule has 160 valence electrons. The second-order valence-electron chi connectivity index (χ2n) is 8.29. The standard InChI is InChI=1S/C22H28N4O4/c1-15-11-12-17(18(13-15)26(29)30)23-21(28)20(16-9-7-6-8-10-16)25(5)14-19(27)24-22(2,3)4/h6-13,20H,14H2,1-5H3,(H,23,28)(H,24,27)/t20-/m1/s1. The summed E-state index contributed by atoms with van der Waals surface area (Å²) in [6.07, 6.45) is 0. The van der Waals surface area contributed by atoms with Crippen molar-refractivity contribution in [2.75, 3.05) is 18.9 Å². The first-order valence-corrected chi connectivity index (χ1v) is 9.60. The lowest BCUT2D eigenvalue weighted by Crippen LogP contribution is -2.47. The van der Waals surface area contributed by atoms with Gasteiger partial charge in [0.15, 0.2) is 0 Å². The number of hydrogen-bond acceptors (Lipinski definition) is 5. The number of carbonyl (C=O) groups excluding carboxylic acids is 2. The van der Waals surface area contributed by atoms with Crippen LogP contribution in [0.2, 0.25) is 0 Å². The van der Waals surface area contributed by atoms with Crippen molar-refractivity contribution in [3.63, 3.8) is 0 Å². The van der Waals surface area contributed by atoms with Gasteiger partial charge in [0.25, 0.3) is 5.69 Å². The second-order valence-corrected chi connectivity index (χ2v) is 8.29. The van der Waals surface area contributed by atoms with Crippen LogP contribution in [0.15, 0.2) is 48.5 Å². The Kier molecular flexibility index (Phi) is 7.28. The van der Waals surface area contributed by atoms with Crippen molar-refractivity contribution in [1.82, 2.24) is 10.2 Å². The number of amides is 2. The van der Waals surface area contributed by atoms with E-state index in [1.807, 2.05) is 26.8 Å². The van der Waals surface area contributed by atoms with Crippen LogP contribution in [0.5, 0.6) is 0 Å². The van der Waals surface area contributed by atoms with E-state index in [4.69, 9.17) is 0 Å². The van der Waals surface area contributed by atoms with Gasteiger partial charge in [-0.25, -0.2) is 0 Å². The van der Waals surface area contributed by atoms with Gasteiger partial charge in [-0.15, -0.1) is 0 Å². The van der Waals surface area contributed by atoms with Crippen LogP contribution >= 0.6 is 0 Å². The Labute approximate surface area is 176 Å². The third-order valence-corrected chi connectivity index (χ3v) is 4.32. The van der Waals surface area contributed by atoms with Gasteiger partial charge in [0.1, 0.15) is 11.7 Å². The van der Waals surface area contributed by atoms with Crippen LogP contribution in [0.4, 0.5) is 11.4 Å². The smallest absolute Gasteiger partial charge is 0.293 e. The molecule has 2 rings (SSSR count). The van der Waals surface area contributed by atoms with Crippen LogP contribution in [-0.2, 0) is 9.59 Å². The van der Waals surface area contributed by atoms with E-state index in [9.17, 15) is 19.7 Å². The van der Waals surface area contributed by atoms with Crippen LogP contribution in [0, 0.1) is 17.0 Å². The zero-order valence-corrected chi connectivity index (χ0v) is 17.9. The summed E-state index contributed by atoms with van der Waals surface area (Å²) in [5, 5.41) is 16.9. The number of nitrogens with zero attached hydrogens (tertiary/aromatic N) is 2. The Morgan fingerprint density at radius 2 is 1.77 bits per heavy atom. The van der Waals surface area contributed by atoms with E-state index in [0.29, 0.717) is 5.56 Å². The van der Waals surface area contributed by atoms with Gasteiger partial charge in [0.2, 0.25) is 11.8 Å². The summed E-state index contributed by atoms with van der Waals surface area (Å²) in [5.41, 5.74) is 0.934. The molecule has 0 saturated heterocycles. The highest BCUT2D eigenvalue weighted by atomic mass is 16.6. The molecule has 0 radical (unpaired) electrons. The van der Waals surface area contributed by atoms with E-state index in [0.717, 1.165) is 5.56 Å². The van der Waals surface area contributed by atoms with Gasteiger partial charge in [-0.3, -0.25) is 24.6 Å². The predicted molar refractivity (Wildman–Crippen MR) is 116 cm³/mol. The summed E-state index contributed by atoms with van der Waals surface area (Å²) in [7, 11) is 1.67. The molecule has 0 aliphatic carbocycles. The number of nitro benzene ring substituents is 1. The summed E-state index contributed by atoms with van der Waals surface area (Å²) < 4.78 is 0. The van der Waals surface area contributed by atoms with Gasteiger partial charge in [-0.05, 0) is 51.9 Å². The summed E-state index contributed by atoms with van der Waals surface area (Å²) in [6.45, 7) is 7.36. The molecule has 1 atom stereocenters. The molecule has 0 heterocycles. The lowest BCUT2D eigenvalue weighted by molar-refractivity contribution is -0.384. The van der Waals surface area contributed by atoms with Gasteiger partial charge in [-0.1, -0.05) is 36.4 Å². The van der Waals surface area contributed by atoms with Crippen LogP contribution in [-0.4, -0.2) is 40.8 Å². The molecule has 0 unspecified atom stereocenters. The minimum atomic E-state index is -0.808. The quantitative estimate of drug-likeness (QED) is 0.535. The summed E-state index contributed by atoms with van der Waals surface area (Å²) in [4.78, 5) is 38.1. The third-order valence-electron chi connectivity index (χ3n) is 4.32. The van der Waals surface area contributed by atoms with Crippen LogP contribution in [0.3, 0.4) is 0 Å². The highest BCUT2D eigenvalue weighted by Crippen LogP contribution is 2.28. The number of aryl methyl sites for hydroxylation is 1. The van der Waals surface area contributed by atoms with Crippen LogP contribution in [0.25, 0.3) is 0 Å². The minimum Gasteiger partial charge on any atom is -0.350 e. The van der Waals surface area contributed by atoms with Gasteiger partial charge in [0, 0.05) is 11.6 Å². The number of hydrogen-bond donors (Lipinski definition) is 2. The van der Waals surface area contributed by atoms with E-state index in [1.54, 1.807) is 49.2 Å². The van der Waals surface area contributed by atoms with Crippen molar-refractivity contribution in [1.29, 1.82) is 0 Å². The third kappa shape index (κ3) is 6.38. The van der Waals surface area contributed by atoms with Gasteiger partial charge >= 0.3 is 0 Å². The molecule has 8 nitrogen and oxygen atoms in total. The first-order valence-electron chi connectivity index (χ1n) is 9.60. The number of nitrogens with one attached hydrogen (secondary N) is 2. The number of benzene rings is 2. The average molecular weight is 412 g/mol. The lowest BCUT2D eigenvalue weighted by atomic mass is 10.0. The molecule has 2 N–H and O–H groups in total. The maximum Gasteiger partial charge on any atom is 0.293 e. The molecule has 0 saturated carbocycles. The highest BCUT2D eigenvalue weighted by Gasteiger charge is 2.29. The van der Waals surface area contributed by atoms with E-state index >= 15 is 0 Å². The second kappa shape index (κ2) is 9.49. The normalized spacial score (nSPS) is 12.3. The minimum absolute atomic E-state index is 0.0136. The number of rotatable bonds is 7. The highest BCUT2D eigenvalue weighted by molar-refractivity contribution is 5.97. The molecule has 2 aromatic carbocycles. The molecule has 0 aromatic heterocycles. The first kappa shape index (κ1) is 23.0. The van der Waals surface area contributed by atoms with Crippen LogP contribution in [0.1, 0.15) is 37.9 Å². The predicted octanol–water partition coefficient (Wildman–Crippen LogP) is 3.43. The molecular weight excluding hydrogens is 384 g/mol. The molecule has 2 amide bonds. The fourth-order valence-electron chi connectivity index (χ4n) is 3.12. The molecule has 30 heavy (non-hydrogen) atoms. The Hall–Kier alpha value is -3.26. The average Bonchev–Trinajstić information content (AvgIpc) is 2.62. The first-order chi connectivity index (χ1) is 14.0. The summed E-state index contributed by atoms with van der Waals surface area (Å²) in [6, 6.07) is 12.8. The largest absolute Gasteiger partial charge is 0.350 e. The van der Waals surface area contributed by atoms with E-state index in [-0.39, 0.29) is 23.8 Å². The van der Waals surface area contributed by atoms with E-state index in [1.165, 1.54) is 12.1 Å². The maximum absolute atomic E-state index is 13.2. The number of likely N-dealkylation sites (N-methyl/N-ethyl adjacent to an activating group) is 1. The molecule has 0 spiro atoms. The molecule has 0 fully saturated rings. The fraction of sp³-hybridized carbons (Fsp3) is 0.364. The lowest BCUT2D eigenvalue weighted by Gasteiger charge is -2.29. The van der Waals surface area contributed by atoms with Gasteiger partial charge in [-0.2, -0.15) is 0 Å². The SMILES string of the molecule is Cc1ccc(NC(=O)[C@@H](c2ccccc2)N(C)CC(=O)NC(C)(C)C)c([N+](=O)[O-])c1. The van der Waals surface area contributed by atoms with Gasteiger partial charge in [0.05, 0.1) is 11.5 Å². The fourth-order valence-corrected chi connectivity index (χ4v) is 3.12. The Morgan fingerprint density at radius 1 is 1.13 bits per heavy atom. The Balaban J connectivity index is 2.31. The molecule has 2 aromatic rings. The Morgan fingerprint density at radius 3 is 2.33 bits per heavy atom. The monoisotopic (exact) mass is 412 g/mol. The zero-order valence-electron chi connectivity index (χ0n) is 17.9. The molecule has 0 aliphatic rings. The molecule has 0 aliphatic heterocycles. The van der Waals surface area contributed by atoms with Crippen molar-refractivity contribution >= 4 is 23.2 Å². The van der Waals surface area contributed by atoms with E-state index < -0.39 is 22.4 Å². The maximum atomic E-state index is 13.2. The Bertz CT molecular complexity index is 922. The van der Waals surface area contributed by atoms with Gasteiger partial charge < -0.3 is 10.6 Å². The van der Waals surface area contributed by atoms with Crippen LogP contribution < -0.4 is 10.6 Å². The van der Waals surface area contributed by atoms with Crippen molar-refractivity contribution in [3.8, 4) is 0 Å². The summed E-state index contributed by atoms with van der Waals surface area (Å²) in [5.74, 6) is -0.681. The van der Waals surface area contributed by atoms with E-state index in [2.05, 4.69) is 10.6 Å². The summed E-state index contributed by atoms with van der Waals surface area (Å²) >= 11 is 0. The van der Waals surface area contributed by atoms with Crippen molar-refractivity contribution < 1.29 is 14.5 Å². The van der Waals surface area contributed by atoms with Crippen molar-refractivity contribution in [2.24, 2.45) is 0 Å². The zero-order chi connectivity index (χ0) is 22.5. The van der Waals surface area contributed by atoms with Crippen molar-refractivity contribution in [2.45, 2.75) is 39.3 Å².